The van der Waals surface area contributed by atoms with Crippen molar-refractivity contribution in [3.05, 3.63) is 69.8 Å². The standard InChI is InChI=1S/C18H15FOS/c1-11-3-4-13(7-12(11)2)8-16(20)18-10-14-9-15(19)5-6-17(14)21-18/h3-7,9-10H,8H2,1-2H3. The van der Waals surface area contributed by atoms with Crippen molar-refractivity contribution in [1.82, 2.24) is 0 Å². The van der Waals surface area contributed by atoms with Gasteiger partial charge in [0.1, 0.15) is 5.82 Å². The van der Waals surface area contributed by atoms with Crippen molar-refractivity contribution in [2.24, 2.45) is 0 Å². The Bertz CT molecular complexity index is 832. The maximum absolute atomic E-state index is 13.2. The molecule has 0 atom stereocenters. The van der Waals surface area contributed by atoms with Crippen LogP contribution in [0.2, 0.25) is 0 Å². The Hall–Kier alpha value is -2.00. The lowest BCUT2D eigenvalue weighted by Gasteiger charge is -2.03. The molecule has 1 heterocycles. The van der Waals surface area contributed by atoms with Crippen LogP contribution in [0, 0.1) is 19.7 Å². The van der Waals surface area contributed by atoms with Crippen LogP contribution in [0.1, 0.15) is 26.4 Å². The number of carbonyl (C=O) groups excluding carboxylic acids is 1. The maximum atomic E-state index is 13.2. The zero-order valence-corrected chi connectivity index (χ0v) is 12.8. The van der Waals surface area contributed by atoms with E-state index in [-0.39, 0.29) is 11.6 Å². The Morgan fingerprint density at radius 3 is 2.62 bits per heavy atom. The molecule has 21 heavy (non-hydrogen) atoms. The van der Waals surface area contributed by atoms with Crippen molar-refractivity contribution in [2.45, 2.75) is 20.3 Å². The fraction of sp³-hybridized carbons (Fsp3) is 0.167. The van der Waals surface area contributed by atoms with Gasteiger partial charge in [0, 0.05) is 11.1 Å². The number of aryl methyl sites for hydroxylation is 2. The minimum atomic E-state index is -0.270. The van der Waals surface area contributed by atoms with Crippen LogP contribution < -0.4 is 0 Å². The highest BCUT2D eigenvalue weighted by molar-refractivity contribution is 7.20. The predicted octanol–water partition coefficient (Wildman–Crippen LogP) is 5.08. The molecule has 3 rings (SSSR count). The second-order valence-electron chi connectivity index (χ2n) is 5.31. The summed E-state index contributed by atoms with van der Waals surface area (Å²) < 4.78 is 14.1. The van der Waals surface area contributed by atoms with Crippen LogP contribution in [0.5, 0.6) is 0 Å². The lowest BCUT2D eigenvalue weighted by Crippen LogP contribution is -2.01. The third-order valence-electron chi connectivity index (χ3n) is 3.69. The molecule has 3 heteroatoms. The Labute approximate surface area is 127 Å². The molecule has 0 aliphatic rings. The van der Waals surface area contributed by atoms with Crippen LogP contribution in [0.4, 0.5) is 4.39 Å². The van der Waals surface area contributed by atoms with Crippen molar-refractivity contribution in [2.75, 3.05) is 0 Å². The van der Waals surface area contributed by atoms with E-state index in [9.17, 15) is 9.18 Å². The lowest BCUT2D eigenvalue weighted by molar-refractivity contribution is 0.0997. The molecule has 106 valence electrons. The second kappa shape index (κ2) is 5.41. The summed E-state index contributed by atoms with van der Waals surface area (Å²) >= 11 is 1.42. The number of hydrogen-bond acceptors (Lipinski definition) is 2. The van der Waals surface area contributed by atoms with Gasteiger partial charge in [-0.3, -0.25) is 4.79 Å². The van der Waals surface area contributed by atoms with Gasteiger partial charge in [-0.1, -0.05) is 18.2 Å². The molecular formula is C18H15FOS. The third-order valence-corrected chi connectivity index (χ3v) is 4.85. The molecule has 0 fully saturated rings. The zero-order chi connectivity index (χ0) is 15.0. The normalized spacial score (nSPS) is 11.0. The van der Waals surface area contributed by atoms with Crippen LogP contribution in [-0.2, 0) is 6.42 Å². The molecule has 2 aromatic carbocycles. The zero-order valence-electron chi connectivity index (χ0n) is 11.9. The summed E-state index contributed by atoms with van der Waals surface area (Å²) in [5, 5.41) is 0.795. The van der Waals surface area contributed by atoms with Crippen LogP contribution in [-0.4, -0.2) is 5.78 Å². The topological polar surface area (TPSA) is 17.1 Å². The average Bonchev–Trinajstić information content (AvgIpc) is 2.86. The molecule has 0 aliphatic carbocycles. The van der Waals surface area contributed by atoms with E-state index in [0.29, 0.717) is 11.3 Å². The summed E-state index contributed by atoms with van der Waals surface area (Å²) in [6, 6.07) is 12.5. The van der Waals surface area contributed by atoms with Crippen molar-refractivity contribution in [3.63, 3.8) is 0 Å². The molecule has 0 radical (unpaired) electrons. The Kier molecular flexibility index (Phi) is 3.60. The van der Waals surface area contributed by atoms with E-state index >= 15 is 0 Å². The first-order valence-corrected chi connectivity index (χ1v) is 7.63. The van der Waals surface area contributed by atoms with Crippen LogP contribution in [0.3, 0.4) is 0 Å². The van der Waals surface area contributed by atoms with Gasteiger partial charge in [0.05, 0.1) is 4.88 Å². The van der Waals surface area contributed by atoms with E-state index in [1.807, 2.05) is 19.1 Å². The fourth-order valence-corrected chi connectivity index (χ4v) is 3.32. The van der Waals surface area contributed by atoms with Gasteiger partial charge in [0.2, 0.25) is 0 Å². The quantitative estimate of drug-likeness (QED) is 0.616. The van der Waals surface area contributed by atoms with Crippen LogP contribution in [0.25, 0.3) is 10.1 Å². The minimum absolute atomic E-state index is 0.0832. The van der Waals surface area contributed by atoms with E-state index in [4.69, 9.17) is 0 Å². The molecule has 1 nitrogen and oxygen atoms in total. The molecule has 0 spiro atoms. The number of Topliss-reactive ketones (excluding diaryl/α,β-unsaturated/α-hetero) is 1. The van der Waals surface area contributed by atoms with E-state index in [1.54, 1.807) is 12.1 Å². The van der Waals surface area contributed by atoms with Crippen LogP contribution >= 0.6 is 11.3 Å². The summed E-state index contributed by atoms with van der Waals surface area (Å²) in [5.41, 5.74) is 3.44. The number of benzene rings is 2. The van der Waals surface area contributed by atoms with Gasteiger partial charge in [0.15, 0.2) is 5.78 Å². The monoisotopic (exact) mass is 298 g/mol. The molecule has 0 amide bonds. The van der Waals surface area contributed by atoms with Crippen LogP contribution in [0.15, 0.2) is 42.5 Å². The molecule has 0 unspecified atom stereocenters. The molecule has 0 saturated carbocycles. The van der Waals surface area contributed by atoms with Crippen molar-refractivity contribution in [1.29, 1.82) is 0 Å². The first-order chi connectivity index (χ1) is 10.0. The Morgan fingerprint density at radius 2 is 1.86 bits per heavy atom. The van der Waals surface area contributed by atoms with Gasteiger partial charge in [0.25, 0.3) is 0 Å². The van der Waals surface area contributed by atoms with Gasteiger partial charge in [-0.15, -0.1) is 11.3 Å². The maximum Gasteiger partial charge on any atom is 0.177 e. The number of halogens is 1. The van der Waals surface area contributed by atoms with E-state index < -0.39 is 0 Å². The van der Waals surface area contributed by atoms with Gasteiger partial charge >= 0.3 is 0 Å². The summed E-state index contributed by atoms with van der Waals surface area (Å²) in [7, 11) is 0. The number of carbonyl (C=O) groups is 1. The largest absolute Gasteiger partial charge is 0.293 e. The van der Waals surface area contributed by atoms with Gasteiger partial charge in [-0.05, 0) is 60.2 Å². The van der Waals surface area contributed by atoms with E-state index in [0.717, 1.165) is 15.6 Å². The SMILES string of the molecule is Cc1ccc(CC(=O)c2cc3cc(F)ccc3s2)cc1C. The van der Waals surface area contributed by atoms with Crippen molar-refractivity contribution >= 4 is 27.2 Å². The number of fused-ring (bicyclic) bond motifs is 1. The minimum Gasteiger partial charge on any atom is -0.293 e. The fourth-order valence-electron chi connectivity index (χ4n) is 2.34. The molecule has 3 aromatic rings. The first-order valence-electron chi connectivity index (χ1n) is 6.81. The van der Waals surface area contributed by atoms with Gasteiger partial charge in [-0.2, -0.15) is 0 Å². The number of hydrogen-bond donors (Lipinski definition) is 0. The van der Waals surface area contributed by atoms with E-state index in [1.165, 1.54) is 34.6 Å². The molecule has 0 aliphatic heterocycles. The Morgan fingerprint density at radius 1 is 1.05 bits per heavy atom. The summed E-state index contributed by atoms with van der Waals surface area (Å²) in [6.45, 7) is 4.10. The predicted molar refractivity (Wildman–Crippen MR) is 85.7 cm³/mol. The first kappa shape index (κ1) is 14.0. The smallest absolute Gasteiger partial charge is 0.177 e. The average molecular weight is 298 g/mol. The van der Waals surface area contributed by atoms with Crippen molar-refractivity contribution < 1.29 is 9.18 Å². The summed E-state index contributed by atoms with van der Waals surface area (Å²) in [4.78, 5) is 13.1. The van der Waals surface area contributed by atoms with Gasteiger partial charge in [-0.25, -0.2) is 4.39 Å². The number of ketones is 1. The van der Waals surface area contributed by atoms with Gasteiger partial charge < -0.3 is 0 Å². The highest BCUT2D eigenvalue weighted by Crippen LogP contribution is 2.27. The third kappa shape index (κ3) is 2.88. The number of rotatable bonds is 3. The number of thiophene rings is 1. The highest BCUT2D eigenvalue weighted by Gasteiger charge is 2.12. The van der Waals surface area contributed by atoms with E-state index in [2.05, 4.69) is 13.0 Å². The molecule has 0 bridgehead atoms. The molecule has 1 aromatic heterocycles. The van der Waals surface area contributed by atoms with Crippen molar-refractivity contribution in [3.8, 4) is 0 Å². The second-order valence-corrected chi connectivity index (χ2v) is 6.40. The molecular weight excluding hydrogens is 283 g/mol. The lowest BCUT2D eigenvalue weighted by atomic mass is 10.0. The summed E-state index contributed by atoms with van der Waals surface area (Å²) in [6.07, 6.45) is 0.385. The Balaban J connectivity index is 1.87. The highest BCUT2D eigenvalue weighted by atomic mass is 32.1. The summed E-state index contributed by atoms with van der Waals surface area (Å²) in [5.74, 6) is -0.187. The molecule has 0 saturated heterocycles. The molecule has 0 N–H and O–H groups in total.